The summed E-state index contributed by atoms with van der Waals surface area (Å²) in [7, 11) is 0. The average molecular weight is 325 g/mol. The van der Waals surface area contributed by atoms with Crippen LogP contribution in [0.3, 0.4) is 0 Å². The Hall–Kier alpha value is -2.69. The quantitative estimate of drug-likeness (QED) is 0.755. The van der Waals surface area contributed by atoms with Crippen molar-refractivity contribution in [2.24, 2.45) is 0 Å². The van der Waals surface area contributed by atoms with E-state index in [1.54, 1.807) is 16.7 Å². The second-order valence-electron chi connectivity index (χ2n) is 5.96. The van der Waals surface area contributed by atoms with Crippen molar-refractivity contribution >= 4 is 11.6 Å². The highest BCUT2D eigenvalue weighted by Gasteiger charge is 2.05. The largest absolute Gasteiger partial charge is 0.350 e. The fraction of sp³-hybridized carbons (Fsp3) is 0.263. The van der Waals surface area contributed by atoms with Crippen LogP contribution in [0.4, 0.5) is 4.39 Å². The second-order valence-corrected chi connectivity index (χ2v) is 5.96. The standard InChI is InChI=1S/C19H20FN3O/c1-14-5-7-15(8-6-14)3-2-4-19(24)21-11-17-13-23-12-16(20)9-10-18(23)22-17/h5-10,12-13H,2-4,11H2,1H3,(H,21,24). The van der Waals surface area contributed by atoms with Gasteiger partial charge < -0.3 is 9.72 Å². The van der Waals surface area contributed by atoms with Crippen LogP contribution < -0.4 is 5.32 Å². The smallest absolute Gasteiger partial charge is 0.220 e. The van der Waals surface area contributed by atoms with E-state index < -0.39 is 0 Å². The number of carbonyl (C=O) groups excluding carboxylic acids is 1. The summed E-state index contributed by atoms with van der Waals surface area (Å²) in [5, 5.41) is 2.86. The normalized spacial score (nSPS) is 10.9. The Bertz CT molecular complexity index is 839. The molecule has 2 aromatic heterocycles. The Balaban J connectivity index is 1.45. The lowest BCUT2D eigenvalue weighted by Gasteiger charge is -2.04. The number of rotatable bonds is 6. The van der Waals surface area contributed by atoms with Gasteiger partial charge >= 0.3 is 0 Å². The molecule has 3 rings (SSSR count). The van der Waals surface area contributed by atoms with E-state index >= 15 is 0 Å². The fourth-order valence-electron chi connectivity index (χ4n) is 2.59. The number of benzene rings is 1. The SMILES string of the molecule is Cc1ccc(CCCC(=O)NCc2cn3cc(F)ccc3n2)cc1. The lowest BCUT2D eigenvalue weighted by molar-refractivity contribution is -0.121. The van der Waals surface area contributed by atoms with Crippen LogP contribution in [0.15, 0.2) is 48.8 Å². The van der Waals surface area contributed by atoms with E-state index in [0.29, 0.717) is 24.3 Å². The number of carbonyl (C=O) groups is 1. The van der Waals surface area contributed by atoms with Crippen molar-refractivity contribution in [1.29, 1.82) is 0 Å². The van der Waals surface area contributed by atoms with E-state index in [9.17, 15) is 9.18 Å². The molecule has 0 radical (unpaired) electrons. The second kappa shape index (κ2) is 7.25. The molecule has 124 valence electrons. The topological polar surface area (TPSA) is 46.4 Å². The summed E-state index contributed by atoms with van der Waals surface area (Å²) in [5.74, 6) is -0.308. The summed E-state index contributed by atoms with van der Waals surface area (Å²) in [4.78, 5) is 16.3. The molecule has 0 saturated carbocycles. The molecule has 1 amide bonds. The molecule has 2 heterocycles. The van der Waals surface area contributed by atoms with Crippen LogP contribution in [-0.2, 0) is 17.8 Å². The van der Waals surface area contributed by atoms with E-state index in [1.807, 2.05) is 0 Å². The molecule has 0 aliphatic carbocycles. The number of halogens is 1. The summed E-state index contributed by atoms with van der Waals surface area (Å²) in [6.07, 6.45) is 5.28. The predicted molar refractivity (Wildman–Crippen MR) is 91.1 cm³/mol. The Labute approximate surface area is 140 Å². The van der Waals surface area contributed by atoms with Gasteiger partial charge in [-0.05, 0) is 37.5 Å². The van der Waals surface area contributed by atoms with Gasteiger partial charge in [0.15, 0.2) is 0 Å². The molecule has 0 bridgehead atoms. The zero-order chi connectivity index (χ0) is 16.9. The summed E-state index contributed by atoms with van der Waals surface area (Å²) >= 11 is 0. The van der Waals surface area contributed by atoms with Crippen LogP contribution in [0.5, 0.6) is 0 Å². The molecular formula is C19H20FN3O. The third-order valence-electron chi connectivity index (χ3n) is 3.92. The first-order chi connectivity index (χ1) is 11.6. The highest BCUT2D eigenvalue weighted by Crippen LogP contribution is 2.08. The number of nitrogens with one attached hydrogen (secondary N) is 1. The highest BCUT2D eigenvalue weighted by molar-refractivity contribution is 5.75. The summed E-state index contributed by atoms with van der Waals surface area (Å²) in [6, 6.07) is 11.4. The summed E-state index contributed by atoms with van der Waals surface area (Å²) < 4.78 is 14.8. The number of hydrogen-bond acceptors (Lipinski definition) is 2. The predicted octanol–water partition coefficient (Wildman–Crippen LogP) is 3.42. The first-order valence-corrected chi connectivity index (χ1v) is 8.05. The van der Waals surface area contributed by atoms with Crippen LogP contribution in [-0.4, -0.2) is 15.3 Å². The van der Waals surface area contributed by atoms with Crippen molar-refractivity contribution < 1.29 is 9.18 Å². The van der Waals surface area contributed by atoms with Gasteiger partial charge in [0.1, 0.15) is 11.5 Å². The molecule has 0 aliphatic rings. The molecule has 0 aliphatic heterocycles. The van der Waals surface area contributed by atoms with Gasteiger partial charge in [-0.25, -0.2) is 9.37 Å². The van der Waals surface area contributed by atoms with Crippen LogP contribution >= 0.6 is 0 Å². The minimum absolute atomic E-state index is 0.00495. The van der Waals surface area contributed by atoms with Crippen molar-refractivity contribution in [3.05, 3.63) is 71.4 Å². The molecule has 0 atom stereocenters. The van der Waals surface area contributed by atoms with Crippen molar-refractivity contribution in [1.82, 2.24) is 14.7 Å². The number of fused-ring (bicyclic) bond motifs is 1. The lowest BCUT2D eigenvalue weighted by Crippen LogP contribution is -2.22. The van der Waals surface area contributed by atoms with E-state index in [4.69, 9.17) is 0 Å². The molecule has 3 aromatic rings. The number of aryl methyl sites for hydroxylation is 2. The molecule has 0 unspecified atom stereocenters. The molecular weight excluding hydrogens is 305 g/mol. The molecule has 1 aromatic carbocycles. The summed E-state index contributed by atoms with van der Waals surface area (Å²) in [6.45, 7) is 2.41. The van der Waals surface area contributed by atoms with Crippen LogP contribution in [0.2, 0.25) is 0 Å². The Morgan fingerprint density at radius 3 is 2.75 bits per heavy atom. The van der Waals surface area contributed by atoms with E-state index in [0.717, 1.165) is 12.8 Å². The third kappa shape index (κ3) is 4.19. The molecule has 0 saturated heterocycles. The number of amides is 1. The first kappa shape index (κ1) is 16.2. The molecule has 1 N–H and O–H groups in total. The average Bonchev–Trinajstić information content (AvgIpc) is 2.97. The number of nitrogens with zero attached hydrogens (tertiary/aromatic N) is 2. The zero-order valence-electron chi connectivity index (χ0n) is 13.6. The van der Waals surface area contributed by atoms with Crippen LogP contribution in [0, 0.1) is 12.7 Å². The van der Waals surface area contributed by atoms with Gasteiger partial charge in [-0.2, -0.15) is 0 Å². The lowest BCUT2D eigenvalue weighted by atomic mass is 10.1. The van der Waals surface area contributed by atoms with E-state index in [2.05, 4.69) is 41.5 Å². The van der Waals surface area contributed by atoms with E-state index in [1.165, 1.54) is 23.4 Å². The molecule has 5 heteroatoms. The zero-order valence-corrected chi connectivity index (χ0v) is 13.6. The molecule has 24 heavy (non-hydrogen) atoms. The monoisotopic (exact) mass is 325 g/mol. The minimum atomic E-state index is -0.313. The maximum absolute atomic E-state index is 13.1. The maximum Gasteiger partial charge on any atom is 0.220 e. The van der Waals surface area contributed by atoms with Gasteiger partial charge in [0.05, 0.1) is 12.2 Å². The van der Waals surface area contributed by atoms with Gasteiger partial charge in [0.2, 0.25) is 5.91 Å². The summed E-state index contributed by atoms with van der Waals surface area (Å²) in [5.41, 5.74) is 3.87. The highest BCUT2D eigenvalue weighted by atomic mass is 19.1. The Kier molecular flexibility index (Phi) is 4.89. The number of imidazole rings is 1. The molecule has 0 fully saturated rings. The van der Waals surface area contributed by atoms with Crippen molar-refractivity contribution in [3.63, 3.8) is 0 Å². The Morgan fingerprint density at radius 2 is 1.96 bits per heavy atom. The number of pyridine rings is 1. The minimum Gasteiger partial charge on any atom is -0.350 e. The number of aromatic nitrogens is 2. The third-order valence-corrected chi connectivity index (χ3v) is 3.92. The van der Waals surface area contributed by atoms with Crippen molar-refractivity contribution in [2.45, 2.75) is 32.7 Å². The fourth-order valence-corrected chi connectivity index (χ4v) is 2.59. The van der Waals surface area contributed by atoms with Gasteiger partial charge in [0.25, 0.3) is 0 Å². The van der Waals surface area contributed by atoms with Crippen LogP contribution in [0.25, 0.3) is 5.65 Å². The van der Waals surface area contributed by atoms with Crippen molar-refractivity contribution in [2.75, 3.05) is 0 Å². The Morgan fingerprint density at radius 1 is 1.17 bits per heavy atom. The van der Waals surface area contributed by atoms with Gasteiger partial charge in [-0.1, -0.05) is 29.8 Å². The van der Waals surface area contributed by atoms with Gasteiger partial charge in [-0.3, -0.25) is 4.79 Å². The molecule has 4 nitrogen and oxygen atoms in total. The van der Waals surface area contributed by atoms with Gasteiger partial charge in [0, 0.05) is 18.8 Å². The van der Waals surface area contributed by atoms with Gasteiger partial charge in [-0.15, -0.1) is 0 Å². The molecule has 0 spiro atoms. The first-order valence-electron chi connectivity index (χ1n) is 8.05. The van der Waals surface area contributed by atoms with E-state index in [-0.39, 0.29) is 11.7 Å². The van der Waals surface area contributed by atoms with Crippen molar-refractivity contribution in [3.8, 4) is 0 Å². The number of hydrogen-bond donors (Lipinski definition) is 1. The van der Waals surface area contributed by atoms with Crippen LogP contribution in [0.1, 0.15) is 29.7 Å². The maximum atomic E-state index is 13.1.